The summed E-state index contributed by atoms with van der Waals surface area (Å²) >= 11 is 0. The molecule has 0 aromatic heterocycles. The molecule has 0 aromatic carbocycles. The molecule has 2 aliphatic rings. The molecule has 12 atom stereocenters. The number of aliphatic hydroxyl groups is 8. The van der Waals surface area contributed by atoms with E-state index in [-0.39, 0.29) is 12.5 Å². The van der Waals surface area contributed by atoms with E-state index < -0.39 is 86.8 Å². The van der Waals surface area contributed by atoms with Crippen LogP contribution in [0.2, 0.25) is 0 Å². The number of unbranched alkanes of at least 4 members (excludes halogenated alkanes) is 25. The molecule has 0 saturated carbocycles. The van der Waals surface area contributed by atoms with Gasteiger partial charge in [0, 0.05) is 6.42 Å². The molecule has 2 heterocycles. The fourth-order valence-corrected chi connectivity index (χ4v) is 8.47. The van der Waals surface area contributed by atoms with Crippen LogP contribution in [0.4, 0.5) is 0 Å². The summed E-state index contributed by atoms with van der Waals surface area (Å²) in [6.07, 6.45) is 16.7. The van der Waals surface area contributed by atoms with Crippen molar-refractivity contribution in [3.8, 4) is 0 Å². The summed E-state index contributed by atoms with van der Waals surface area (Å²) in [5.74, 6) is -0.205. The largest absolute Gasteiger partial charge is 0.394 e. The second-order valence-electron chi connectivity index (χ2n) is 18.0. The van der Waals surface area contributed by atoms with Crippen molar-refractivity contribution in [2.75, 3.05) is 19.8 Å². The summed E-state index contributed by atoms with van der Waals surface area (Å²) in [7, 11) is 0. The molecule has 2 rings (SSSR count). The molecule has 0 spiro atoms. The zero-order chi connectivity index (χ0) is 44.7. The number of ether oxygens (including phenoxy) is 4. The molecular formula is C47H91NO13. The Hall–Kier alpha value is -1.01. The van der Waals surface area contributed by atoms with Crippen LogP contribution in [0.25, 0.3) is 0 Å². The highest BCUT2D eigenvalue weighted by Gasteiger charge is 2.51. The normalized spacial score (nSPS) is 27.9. The number of hydrogen-bond acceptors (Lipinski definition) is 13. The van der Waals surface area contributed by atoms with E-state index >= 15 is 0 Å². The fourth-order valence-electron chi connectivity index (χ4n) is 8.47. The van der Waals surface area contributed by atoms with E-state index in [0.29, 0.717) is 12.8 Å². The lowest BCUT2D eigenvalue weighted by Crippen LogP contribution is -2.65. The van der Waals surface area contributed by atoms with Gasteiger partial charge in [-0.2, -0.15) is 0 Å². The second-order valence-corrected chi connectivity index (χ2v) is 18.0. The summed E-state index contributed by atoms with van der Waals surface area (Å²) in [6.45, 7) is 2.85. The molecule has 9 N–H and O–H groups in total. The van der Waals surface area contributed by atoms with Crippen LogP contribution in [-0.2, 0) is 23.7 Å². The molecule has 1 amide bonds. The Labute approximate surface area is 368 Å². The van der Waals surface area contributed by atoms with E-state index in [0.717, 1.165) is 51.4 Å². The third kappa shape index (κ3) is 23.1. The highest BCUT2D eigenvalue weighted by atomic mass is 16.7. The second kappa shape index (κ2) is 35.3. The topological polar surface area (TPSA) is 228 Å². The number of nitrogens with one attached hydrogen (secondary N) is 1. The van der Waals surface area contributed by atoms with Gasteiger partial charge in [-0.3, -0.25) is 4.79 Å². The molecule has 0 radical (unpaired) electrons. The van der Waals surface area contributed by atoms with Gasteiger partial charge in [0.25, 0.3) is 0 Å². The van der Waals surface area contributed by atoms with Gasteiger partial charge in [0.1, 0.15) is 48.8 Å². The predicted octanol–water partition coefficient (Wildman–Crippen LogP) is 5.83. The van der Waals surface area contributed by atoms with Crippen molar-refractivity contribution in [3.05, 3.63) is 0 Å². The zero-order valence-electron chi connectivity index (χ0n) is 38.2. The van der Waals surface area contributed by atoms with E-state index in [1.165, 1.54) is 122 Å². The minimum atomic E-state index is -1.78. The van der Waals surface area contributed by atoms with E-state index in [1.807, 2.05) is 0 Å². The highest BCUT2D eigenvalue weighted by molar-refractivity contribution is 5.76. The molecule has 2 aliphatic heterocycles. The highest BCUT2D eigenvalue weighted by Crippen LogP contribution is 2.30. The maximum atomic E-state index is 13.1. The number of hydrogen-bond donors (Lipinski definition) is 9. The number of rotatable bonds is 38. The van der Waals surface area contributed by atoms with Crippen LogP contribution in [0.1, 0.15) is 200 Å². The van der Waals surface area contributed by atoms with E-state index in [9.17, 15) is 45.6 Å². The Morgan fingerprint density at radius 2 is 0.934 bits per heavy atom. The summed E-state index contributed by atoms with van der Waals surface area (Å²) in [5.41, 5.74) is 0. The van der Waals surface area contributed by atoms with Crippen molar-refractivity contribution in [2.45, 2.75) is 274 Å². The Bertz CT molecular complexity index is 1040. The molecule has 12 unspecified atom stereocenters. The Morgan fingerprint density at radius 1 is 0.525 bits per heavy atom. The Kier molecular flexibility index (Phi) is 32.5. The Balaban J connectivity index is 1.85. The molecular weight excluding hydrogens is 787 g/mol. The smallest absolute Gasteiger partial charge is 0.220 e. The number of carbonyl (C=O) groups excluding carboxylic acids is 1. The van der Waals surface area contributed by atoms with E-state index in [2.05, 4.69) is 19.2 Å². The quantitative estimate of drug-likeness (QED) is 0.0334. The van der Waals surface area contributed by atoms with Crippen LogP contribution >= 0.6 is 0 Å². The zero-order valence-corrected chi connectivity index (χ0v) is 38.2. The van der Waals surface area contributed by atoms with Crippen LogP contribution < -0.4 is 5.32 Å². The number of amides is 1. The summed E-state index contributed by atoms with van der Waals surface area (Å²) < 4.78 is 22.7. The minimum Gasteiger partial charge on any atom is -0.394 e. The first-order chi connectivity index (χ1) is 29.6. The summed E-state index contributed by atoms with van der Waals surface area (Å²) in [4.78, 5) is 13.1. The molecule has 14 heteroatoms. The first kappa shape index (κ1) is 56.1. The van der Waals surface area contributed by atoms with Gasteiger partial charge < -0.3 is 65.1 Å². The Morgan fingerprint density at radius 3 is 1.39 bits per heavy atom. The third-order valence-corrected chi connectivity index (χ3v) is 12.6. The maximum absolute atomic E-state index is 13.1. The lowest BCUT2D eigenvalue weighted by molar-refractivity contribution is -0.359. The molecule has 0 aromatic rings. The molecule has 61 heavy (non-hydrogen) atoms. The van der Waals surface area contributed by atoms with Crippen LogP contribution in [0.5, 0.6) is 0 Å². The predicted molar refractivity (Wildman–Crippen MR) is 236 cm³/mol. The standard InChI is InChI=1S/C47H91NO13/c1-3-5-7-9-11-13-15-17-19-21-23-25-27-29-31-39(52)48-35(36(51)30-28-26-24-22-20-18-16-14-12-10-8-6-4-2)34-58-46-44(57)42(55)45(38(33-50)60-46)61-47-43(56)41(54)40(53)37(32-49)59-47/h35-38,40-47,49-51,53-57H,3-34H2,1-2H3,(H,48,52). The van der Waals surface area contributed by atoms with Crippen LogP contribution in [0.15, 0.2) is 0 Å². The van der Waals surface area contributed by atoms with E-state index in [4.69, 9.17) is 18.9 Å². The number of carbonyl (C=O) groups is 1. The molecule has 0 aliphatic carbocycles. The lowest BCUT2D eigenvalue weighted by atomic mass is 9.97. The van der Waals surface area contributed by atoms with Crippen LogP contribution in [0.3, 0.4) is 0 Å². The van der Waals surface area contributed by atoms with Crippen molar-refractivity contribution in [3.63, 3.8) is 0 Å². The number of aliphatic hydroxyl groups excluding tert-OH is 8. The van der Waals surface area contributed by atoms with Gasteiger partial charge in [0.2, 0.25) is 5.91 Å². The maximum Gasteiger partial charge on any atom is 0.220 e. The lowest BCUT2D eigenvalue weighted by Gasteiger charge is -2.46. The van der Waals surface area contributed by atoms with Crippen molar-refractivity contribution in [1.29, 1.82) is 0 Å². The average Bonchev–Trinajstić information content (AvgIpc) is 3.26. The molecule has 362 valence electrons. The minimum absolute atomic E-state index is 0.205. The van der Waals surface area contributed by atoms with Gasteiger partial charge in [-0.25, -0.2) is 0 Å². The van der Waals surface area contributed by atoms with Crippen LogP contribution in [0, 0.1) is 0 Å². The monoisotopic (exact) mass is 878 g/mol. The van der Waals surface area contributed by atoms with Gasteiger partial charge in [0.05, 0.1) is 32.0 Å². The van der Waals surface area contributed by atoms with Crippen molar-refractivity contribution >= 4 is 5.91 Å². The average molecular weight is 878 g/mol. The molecule has 14 nitrogen and oxygen atoms in total. The van der Waals surface area contributed by atoms with E-state index in [1.54, 1.807) is 0 Å². The van der Waals surface area contributed by atoms with Gasteiger partial charge in [0.15, 0.2) is 12.6 Å². The third-order valence-electron chi connectivity index (χ3n) is 12.6. The first-order valence-electron chi connectivity index (χ1n) is 24.8. The van der Waals surface area contributed by atoms with Gasteiger partial charge in [-0.15, -0.1) is 0 Å². The van der Waals surface area contributed by atoms with Gasteiger partial charge >= 0.3 is 0 Å². The van der Waals surface area contributed by atoms with Gasteiger partial charge in [-0.1, -0.05) is 181 Å². The van der Waals surface area contributed by atoms with Crippen molar-refractivity contribution in [2.24, 2.45) is 0 Å². The summed E-state index contributed by atoms with van der Waals surface area (Å²) in [5, 5.41) is 86.8. The first-order valence-corrected chi connectivity index (χ1v) is 24.8. The SMILES string of the molecule is CCCCCCCCCCCCCCCCC(=O)NC(COC1OC(CO)C(OC2OC(CO)C(O)C(O)C2O)C(O)C1O)C(O)CCCCCCCCCCCCCCC. The van der Waals surface area contributed by atoms with Crippen LogP contribution in [-0.4, -0.2) is 140 Å². The summed E-state index contributed by atoms with van der Waals surface area (Å²) in [6, 6.07) is -0.819. The van der Waals surface area contributed by atoms with Gasteiger partial charge in [-0.05, 0) is 12.8 Å². The fraction of sp³-hybridized carbons (Fsp3) is 0.979. The molecule has 2 saturated heterocycles. The van der Waals surface area contributed by atoms with Crippen molar-refractivity contribution in [1.82, 2.24) is 5.32 Å². The molecule has 0 bridgehead atoms. The molecule has 2 fully saturated rings. The van der Waals surface area contributed by atoms with Crippen molar-refractivity contribution < 1.29 is 64.6 Å².